The molecule has 2 unspecified atom stereocenters. The zero-order chi connectivity index (χ0) is 97.6. The number of aliphatic hydroxyl groups is 1. The number of nitrogens with zero attached hydrogens (tertiary/aromatic N) is 4. The largest absolute Gasteiger partial charge is 0.481 e. The highest BCUT2D eigenvalue weighted by molar-refractivity contribution is 8.76. The molecule has 3 aromatic rings. The van der Waals surface area contributed by atoms with E-state index < -0.39 is 198 Å². The number of anilines is 2. The van der Waals surface area contributed by atoms with E-state index in [4.69, 9.17) is 55.1 Å². The van der Waals surface area contributed by atoms with Crippen molar-refractivity contribution in [1.82, 2.24) is 41.2 Å². The van der Waals surface area contributed by atoms with Gasteiger partial charge in [-0.05, 0) is 127 Å². The third-order valence-corrected chi connectivity index (χ3v) is 28.3. The van der Waals surface area contributed by atoms with Gasteiger partial charge in [0.05, 0.1) is 133 Å². The zero-order valence-electron chi connectivity index (χ0n) is 76.6. The Morgan fingerprint density at radius 1 is 0.697 bits per heavy atom. The van der Waals surface area contributed by atoms with E-state index in [0.717, 1.165) is 63.4 Å². The van der Waals surface area contributed by atoms with E-state index >= 15 is 0 Å². The number of nitrogens with one attached hydrogen (secondary N) is 6. The number of carbonyl (C=O) groups is 13. The van der Waals surface area contributed by atoms with Crippen LogP contribution in [0.2, 0.25) is 0 Å². The number of nitrogen functional groups attached to an aromatic ring is 1. The number of aliphatic imine (C=N–C) groups is 1. The minimum atomic E-state index is -1.82. The van der Waals surface area contributed by atoms with Crippen LogP contribution in [0.3, 0.4) is 0 Å². The van der Waals surface area contributed by atoms with Crippen molar-refractivity contribution in [3.8, 4) is 0 Å². The van der Waals surface area contributed by atoms with Gasteiger partial charge >= 0.3 is 41.9 Å². The molecule has 132 heavy (non-hydrogen) atoms. The summed E-state index contributed by atoms with van der Waals surface area (Å²) < 4.78 is 53.1. The minimum absolute atomic E-state index is 0.0226. The Bertz CT molecular complexity index is 4650. The van der Waals surface area contributed by atoms with Crippen LogP contribution in [0.25, 0.3) is 11.2 Å². The molecule has 6 aliphatic heterocycles. The highest BCUT2D eigenvalue weighted by atomic mass is 33.1. The molecule has 0 saturated carbocycles. The maximum Gasteiger partial charge on any atom is 0.407 e. The lowest BCUT2D eigenvalue weighted by atomic mass is 9.78. The van der Waals surface area contributed by atoms with Gasteiger partial charge in [0.15, 0.2) is 34.5 Å². The molecule has 0 bridgehead atoms. The molecule has 8 heterocycles. The van der Waals surface area contributed by atoms with Crippen LogP contribution in [0, 0.1) is 59.2 Å². The highest BCUT2D eigenvalue weighted by Crippen LogP contribution is 2.57. The molecule has 25 atom stereocenters. The Labute approximate surface area is 772 Å². The maximum absolute atomic E-state index is 13.8. The van der Waals surface area contributed by atoms with Gasteiger partial charge in [-0.15, -0.1) is 0 Å². The number of amides is 4. The number of aliphatic carboxylic acids is 6. The number of aromatic amines is 1. The van der Waals surface area contributed by atoms with Gasteiger partial charge in [-0.2, -0.15) is 4.98 Å². The summed E-state index contributed by atoms with van der Waals surface area (Å²) in [5, 5.41) is 81.6. The smallest absolute Gasteiger partial charge is 0.407 e. The maximum atomic E-state index is 13.8. The first-order valence-electron chi connectivity index (χ1n) is 44.8. The molecule has 44 heteroatoms. The molecule has 6 fully saturated rings. The van der Waals surface area contributed by atoms with Crippen LogP contribution in [0.1, 0.15) is 214 Å². The molecule has 4 amide bonds. The first-order valence-corrected chi connectivity index (χ1v) is 47.3. The van der Waals surface area contributed by atoms with Gasteiger partial charge in [0.25, 0.3) is 11.5 Å². The average molecular weight is 1900 g/mol. The molecule has 2 aromatic heterocycles. The van der Waals surface area contributed by atoms with Crippen molar-refractivity contribution in [2.24, 2.45) is 75.6 Å². The van der Waals surface area contributed by atoms with E-state index in [1.807, 2.05) is 6.92 Å². The summed E-state index contributed by atoms with van der Waals surface area (Å²) in [5.74, 6) is -20.8. The van der Waals surface area contributed by atoms with Crippen LogP contribution in [0.15, 0.2) is 40.2 Å². The number of fused-ring (bicyclic) bond motifs is 1. The monoisotopic (exact) mass is 1900 g/mol. The van der Waals surface area contributed by atoms with E-state index in [2.05, 4.69) is 107 Å². The van der Waals surface area contributed by atoms with Crippen molar-refractivity contribution >= 4 is 127 Å². The lowest BCUT2D eigenvalue weighted by Crippen LogP contribution is -2.58. The van der Waals surface area contributed by atoms with Crippen LogP contribution in [0.5, 0.6) is 0 Å². The summed E-state index contributed by atoms with van der Waals surface area (Å²) in [6, 6.07) is 0.670. The quantitative estimate of drug-likeness (QED) is 0.0134. The molecule has 0 aliphatic carbocycles. The summed E-state index contributed by atoms with van der Waals surface area (Å²) in [5.41, 5.74) is 15.4. The summed E-state index contributed by atoms with van der Waals surface area (Å²) in [7, 11) is 5.22. The SMILES string of the molecule is CCSSCCNC(=O)OC[C@]1(O)O[C@@H]([C@H]2C[C@H](C)[C@H]([C@]3(C)CCC([C@@]4(C)C[C@@H](C)[C@@]5(O[C@H](C[C@H]6CC[C@H](C)C([C@@H](C)C(=O)O)O6)C[C@@H](OC)[C@H]5C)O4)O3)O2)[C@@H](C)C[C@H]1C.C[C@H](CC(=O)[C@H](CC(=O)O)NC(=O)[C@H](CC(=O)O)CC(=O)[C@H](CCCN=C(N)N)NC(=O)[C@H](CC(=O)O)CC(=O)CC[C@H](NC(=O)c1ccc(NCc2cnc3nc(N)[nH]c(=O)c3n2)cc1)C(=O)O)C(=O)O. The van der Waals surface area contributed by atoms with Crippen molar-refractivity contribution in [3.63, 3.8) is 0 Å². The number of carbonyl (C=O) groups excluding carboxylic acids is 7. The van der Waals surface area contributed by atoms with Gasteiger partial charge < -0.3 is 117 Å². The number of methoxy groups -OCH3 is 1. The number of guanidine groups is 1. The van der Waals surface area contributed by atoms with E-state index in [9.17, 15) is 103 Å². The lowest BCUT2D eigenvalue weighted by Gasteiger charge is -2.50. The van der Waals surface area contributed by atoms with Crippen molar-refractivity contribution < 1.29 is 136 Å². The van der Waals surface area contributed by atoms with Crippen molar-refractivity contribution in [1.29, 1.82) is 0 Å². The molecule has 734 valence electrons. The lowest BCUT2D eigenvalue weighted by molar-refractivity contribution is -0.353. The highest BCUT2D eigenvalue weighted by Gasteiger charge is 2.65. The van der Waals surface area contributed by atoms with E-state index in [-0.39, 0.29) is 146 Å². The summed E-state index contributed by atoms with van der Waals surface area (Å²) in [6.07, 6.45) is -0.679. The Morgan fingerprint density at radius 2 is 1.36 bits per heavy atom. The van der Waals surface area contributed by atoms with Crippen molar-refractivity contribution in [2.75, 3.05) is 49.4 Å². The van der Waals surface area contributed by atoms with Crippen LogP contribution in [-0.4, -0.2) is 267 Å². The zero-order valence-corrected chi connectivity index (χ0v) is 78.3. The van der Waals surface area contributed by atoms with Crippen LogP contribution < -0.4 is 49.3 Å². The number of hydrogen-bond donors (Lipinski definition) is 16. The summed E-state index contributed by atoms with van der Waals surface area (Å²) in [4.78, 5) is 193. The standard InChI is InChI=1S/C45H77NO12S2.C43H54N12O17/c1-12-59-60-18-17-46-41(49)52-24-44(50)28(5)19-26(3)38(57-44)35-20-27(4)39(54-35)42(9)16-15-36(56-42)43(10)23-29(6)45(58-43)31(8)34(51-11)22-33(55-45)21-32-14-13-25(2)37(53-32)30(7)40(47)48;1-19(40(69)70)11-29(57)28(16-33(63)64)53-38(67)22(15-32(61)62)13-30(58)26(3-2-10-47-42(44)45)51-37(66)21(14-31(59)60)12-25(56)8-9-27(41(71)72)52-36(65)20-4-6-23(7-5-20)48-17-24-18-49-35-34(50-24)39(68)55-43(46)54-35/h25-39,50H,12-24H2,1-11H3,(H,46,49)(H,47,48);4-7,18-19,21-22,26-28,48H,2-3,8-17H2,1H3,(H,51,66)(H,52,65)(H,53,67)(H,59,60)(H,61,62)(H,63,64)(H,69,70)(H,71,72)(H4,44,45,47)(H3,46,49,54,55,68)/t25-,26-,27-,28+,29+,30+,31+,32+,33+,34+,35+,36?,37?,38+,39+,42-,43+,44-,45+;19-,21+,22+,26+,27+,28+/m01/s1. The van der Waals surface area contributed by atoms with E-state index in [1.54, 1.807) is 35.6 Å². The number of hydrogen-bond acceptors (Lipinski definition) is 31. The van der Waals surface area contributed by atoms with Crippen molar-refractivity contribution in [3.05, 3.63) is 52.1 Å². The molecule has 19 N–H and O–H groups in total. The van der Waals surface area contributed by atoms with E-state index in [1.165, 1.54) is 30.5 Å². The van der Waals surface area contributed by atoms with Gasteiger partial charge in [0, 0.05) is 99.2 Å². The van der Waals surface area contributed by atoms with Crippen LogP contribution >= 0.6 is 21.6 Å². The number of ether oxygens (including phenoxy) is 8. The number of ketones is 3. The minimum Gasteiger partial charge on any atom is -0.481 e. The number of aromatic nitrogens is 4. The van der Waals surface area contributed by atoms with Gasteiger partial charge in [-0.1, -0.05) is 77.0 Å². The number of alkyl carbamates (subject to hydrolysis) is 1. The van der Waals surface area contributed by atoms with Crippen molar-refractivity contribution in [2.45, 2.75) is 294 Å². The second-order valence-electron chi connectivity index (χ2n) is 36.4. The third kappa shape index (κ3) is 29.6. The fraction of sp³-hybridized carbons (Fsp3) is 0.705. The second-order valence-corrected chi connectivity index (χ2v) is 39.2. The normalized spacial score (nSPS) is 29.0. The molecular weight excluding hydrogens is 1770 g/mol. The van der Waals surface area contributed by atoms with Crippen LogP contribution in [-0.2, 0) is 97.2 Å². The second kappa shape index (κ2) is 48.4. The van der Waals surface area contributed by atoms with Gasteiger partial charge in [-0.25, -0.2) is 19.6 Å². The average Bonchev–Trinajstić information content (AvgIpc) is 1.57. The number of Topliss-reactive ketones (excluding diaryl/α,β-unsaturated/α-hetero) is 3. The molecule has 42 nitrogen and oxygen atoms in total. The Balaban J connectivity index is 0.000000330. The van der Waals surface area contributed by atoms with Gasteiger partial charge in [0.2, 0.25) is 23.5 Å². The molecule has 9 rings (SSSR count). The predicted molar refractivity (Wildman–Crippen MR) is 479 cm³/mol. The topological polar surface area (TPSA) is 659 Å². The molecule has 1 aromatic carbocycles. The third-order valence-electron chi connectivity index (χ3n) is 25.9. The van der Waals surface area contributed by atoms with E-state index in [0.29, 0.717) is 30.8 Å². The Hall–Kier alpha value is -9.80. The summed E-state index contributed by atoms with van der Waals surface area (Å²) >= 11 is 0. The Morgan fingerprint density at radius 3 is 1.98 bits per heavy atom. The number of H-pyrrole nitrogens is 1. The molecule has 0 radical (unpaired) electrons. The first-order chi connectivity index (χ1) is 62.1. The first kappa shape index (κ1) is 108. The number of nitrogens with two attached hydrogens (primary N) is 3. The molecule has 6 aliphatic rings. The number of carboxylic acids is 6. The summed E-state index contributed by atoms with van der Waals surface area (Å²) in [6.45, 7) is 22.3. The number of carboxylic acid groups (broad SMARTS) is 6. The Kier molecular flexibility index (Phi) is 39.4. The fourth-order valence-corrected chi connectivity index (χ4v) is 20.2. The van der Waals surface area contributed by atoms with Crippen LogP contribution in [0.4, 0.5) is 16.4 Å². The predicted octanol–water partition coefficient (Wildman–Crippen LogP) is 5.99. The molecule has 1 spiro atoms. The van der Waals surface area contributed by atoms with Gasteiger partial charge in [-0.3, -0.25) is 67.5 Å². The fourth-order valence-electron chi connectivity index (χ4n) is 18.7. The molecule has 6 saturated heterocycles. The van der Waals surface area contributed by atoms with Gasteiger partial charge in [0.1, 0.15) is 18.4 Å². The number of benzene rings is 1. The molecular formula is C88H131N13O29S2. The number of rotatable bonds is 47.